The van der Waals surface area contributed by atoms with Gasteiger partial charge in [-0.2, -0.15) is 0 Å². The molecule has 0 bridgehead atoms. The van der Waals surface area contributed by atoms with Crippen LogP contribution in [0.2, 0.25) is 0 Å². The number of Topliss-reactive ketones (excluding diaryl/α,β-unsaturated/α-hetero) is 1. The number of hydrogen-bond acceptors (Lipinski definition) is 4. The van der Waals surface area contributed by atoms with Crippen molar-refractivity contribution >= 4 is 17.2 Å². The lowest BCUT2D eigenvalue weighted by Crippen LogP contribution is -2.35. The Morgan fingerprint density at radius 2 is 2.11 bits per heavy atom. The first kappa shape index (κ1) is 13.7. The maximum atomic E-state index is 13.4. The number of halogens is 2. The Labute approximate surface area is 110 Å². The molecule has 1 atom stereocenters. The summed E-state index contributed by atoms with van der Waals surface area (Å²) in [7, 11) is 0. The zero-order valence-electron chi connectivity index (χ0n) is 10.7. The predicted molar refractivity (Wildman–Crippen MR) is 70.1 cm³/mol. The van der Waals surface area contributed by atoms with Crippen LogP contribution in [0.15, 0.2) is 12.1 Å². The summed E-state index contributed by atoms with van der Waals surface area (Å²) < 4.78 is 26.8. The zero-order chi connectivity index (χ0) is 14.0. The maximum absolute atomic E-state index is 13.4. The fourth-order valence-corrected chi connectivity index (χ4v) is 2.20. The first-order valence-electron chi connectivity index (χ1n) is 6.19. The van der Waals surface area contributed by atoms with Crippen LogP contribution in [0.1, 0.15) is 13.3 Å². The maximum Gasteiger partial charge on any atom is 0.151 e. The van der Waals surface area contributed by atoms with Crippen molar-refractivity contribution in [1.29, 1.82) is 0 Å². The number of carbonyl (C=O) groups excluding carboxylic acids is 1. The third-order valence-electron chi connectivity index (χ3n) is 3.26. The van der Waals surface area contributed by atoms with E-state index in [1.807, 2.05) is 4.90 Å². The lowest BCUT2D eigenvalue weighted by atomic mass is 10.2. The summed E-state index contributed by atoms with van der Waals surface area (Å²) in [5, 5.41) is 3.12. The lowest BCUT2D eigenvalue weighted by molar-refractivity contribution is -0.116. The van der Waals surface area contributed by atoms with Gasteiger partial charge in [-0.3, -0.25) is 4.79 Å². The molecule has 1 aromatic carbocycles. The summed E-state index contributed by atoms with van der Waals surface area (Å²) >= 11 is 0. The van der Waals surface area contributed by atoms with Crippen LogP contribution < -0.4 is 16.0 Å². The molecular formula is C13H17F2N3O. The van der Waals surface area contributed by atoms with E-state index in [-0.39, 0.29) is 11.8 Å². The molecular weight excluding hydrogens is 252 g/mol. The van der Waals surface area contributed by atoms with Crippen molar-refractivity contribution in [3.05, 3.63) is 23.8 Å². The third kappa shape index (κ3) is 3.20. The van der Waals surface area contributed by atoms with Crippen LogP contribution in [0.4, 0.5) is 20.2 Å². The Morgan fingerprint density at radius 3 is 2.68 bits per heavy atom. The Hall–Kier alpha value is -1.69. The molecule has 104 valence electrons. The molecule has 0 saturated carbocycles. The molecule has 19 heavy (non-hydrogen) atoms. The molecule has 1 fully saturated rings. The summed E-state index contributed by atoms with van der Waals surface area (Å²) in [5.41, 5.74) is 5.27. The van der Waals surface area contributed by atoms with Crippen LogP contribution in [-0.2, 0) is 4.79 Å². The number of nitrogens with one attached hydrogen (secondary N) is 1. The number of nitrogens with zero attached hydrogens (tertiary/aromatic N) is 1. The van der Waals surface area contributed by atoms with E-state index in [9.17, 15) is 13.6 Å². The Morgan fingerprint density at radius 1 is 1.47 bits per heavy atom. The second-order valence-corrected chi connectivity index (χ2v) is 4.84. The minimum absolute atomic E-state index is 0.0722. The molecule has 1 saturated heterocycles. The highest BCUT2D eigenvalue weighted by molar-refractivity contribution is 5.77. The van der Waals surface area contributed by atoms with E-state index >= 15 is 0 Å². The quantitative estimate of drug-likeness (QED) is 0.809. The molecule has 0 aromatic heterocycles. The number of carbonyl (C=O) groups is 1. The molecule has 6 heteroatoms. The largest absolute Gasteiger partial charge is 0.394 e. The van der Waals surface area contributed by atoms with Gasteiger partial charge < -0.3 is 16.0 Å². The van der Waals surface area contributed by atoms with E-state index < -0.39 is 17.3 Å². The molecule has 0 radical (unpaired) electrons. The molecule has 1 heterocycles. The predicted octanol–water partition coefficient (Wildman–Crippen LogP) is 1.30. The summed E-state index contributed by atoms with van der Waals surface area (Å²) in [6.07, 6.45) is 0.834. The molecule has 0 spiro atoms. The molecule has 2 rings (SSSR count). The van der Waals surface area contributed by atoms with Gasteiger partial charge in [-0.25, -0.2) is 8.78 Å². The van der Waals surface area contributed by atoms with Crippen LogP contribution in [0.25, 0.3) is 0 Å². The summed E-state index contributed by atoms with van der Waals surface area (Å²) in [5.74, 6) is -1.41. The van der Waals surface area contributed by atoms with Gasteiger partial charge in [-0.1, -0.05) is 0 Å². The molecule has 4 nitrogen and oxygen atoms in total. The van der Waals surface area contributed by atoms with Crippen molar-refractivity contribution in [2.45, 2.75) is 19.4 Å². The van der Waals surface area contributed by atoms with Crippen molar-refractivity contribution < 1.29 is 13.6 Å². The van der Waals surface area contributed by atoms with Gasteiger partial charge in [0.05, 0.1) is 6.54 Å². The summed E-state index contributed by atoms with van der Waals surface area (Å²) in [4.78, 5) is 12.8. The highest BCUT2D eigenvalue weighted by Crippen LogP contribution is 2.26. The minimum Gasteiger partial charge on any atom is -0.394 e. The van der Waals surface area contributed by atoms with Crippen molar-refractivity contribution in [3.8, 4) is 0 Å². The van der Waals surface area contributed by atoms with Gasteiger partial charge in [0.15, 0.2) is 11.6 Å². The average Bonchev–Trinajstić information content (AvgIpc) is 2.81. The molecule has 1 aliphatic rings. The third-order valence-corrected chi connectivity index (χ3v) is 3.26. The normalized spacial score (nSPS) is 18.9. The van der Waals surface area contributed by atoms with Crippen molar-refractivity contribution in [2.75, 3.05) is 30.3 Å². The fourth-order valence-electron chi connectivity index (χ4n) is 2.20. The van der Waals surface area contributed by atoms with E-state index in [0.29, 0.717) is 25.3 Å². The standard InChI is InChI=1S/C13H17F2N3O/c1-8(19)6-17-9-2-3-18(7-9)10-4-11(14)13(16)12(15)5-10/h4-5,9,17H,2-3,6-7,16H2,1H3. The van der Waals surface area contributed by atoms with Crippen LogP contribution in [0.3, 0.4) is 0 Å². The molecule has 1 aromatic rings. The van der Waals surface area contributed by atoms with Gasteiger partial charge >= 0.3 is 0 Å². The van der Waals surface area contributed by atoms with Gasteiger partial charge in [-0.05, 0) is 25.5 Å². The number of nitrogens with two attached hydrogens (primary N) is 1. The van der Waals surface area contributed by atoms with Crippen molar-refractivity contribution in [1.82, 2.24) is 5.32 Å². The van der Waals surface area contributed by atoms with Gasteiger partial charge in [-0.15, -0.1) is 0 Å². The van der Waals surface area contributed by atoms with Gasteiger partial charge in [0, 0.05) is 24.8 Å². The number of rotatable bonds is 4. The number of ketones is 1. The minimum atomic E-state index is -0.741. The van der Waals surface area contributed by atoms with E-state index in [1.54, 1.807) is 0 Å². The first-order valence-corrected chi connectivity index (χ1v) is 6.19. The SMILES string of the molecule is CC(=O)CNC1CCN(c2cc(F)c(N)c(F)c2)C1. The molecule has 0 amide bonds. The topological polar surface area (TPSA) is 58.4 Å². The second kappa shape index (κ2) is 5.52. The fraction of sp³-hybridized carbons (Fsp3) is 0.462. The highest BCUT2D eigenvalue weighted by atomic mass is 19.1. The van der Waals surface area contributed by atoms with E-state index in [0.717, 1.165) is 6.42 Å². The Kier molecular flexibility index (Phi) is 3.99. The van der Waals surface area contributed by atoms with Gasteiger partial charge in [0.2, 0.25) is 0 Å². The summed E-state index contributed by atoms with van der Waals surface area (Å²) in [6.45, 7) is 3.15. The van der Waals surface area contributed by atoms with Crippen molar-refractivity contribution in [2.24, 2.45) is 0 Å². The smallest absolute Gasteiger partial charge is 0.151 e. The Bertz CT molecular complexity index is 470. The van der Waals surface area contributed by atoms with Crippen LogP contribution >= 0.6 is 0 Å². The van der Waals surface area contributed by atoms with Crippen LogP contribution in [0, 0.1) is 11.6 Å². The van der Waals surface area contributed by atoms with E-state index in [4.69, 9.17) is 5.73 Å². The molecule has 3 N–H and O–H groups in total. The lowest BCUT2D eigenvalue weighted by Gasteiger charge is -2.19. The van der Waals surface area contributed by atoms with Gasteiger partial charge in [0.1, 0.15) is 11.5 Å². The number of hydrogen-bond donors (Lipinski definition) is 2. The first-order chi connectivity index (χ1) is 8.97. The zero-order valence-corrected chi connectivity index (χ0v) is 10.7. The van der Waals surface area contributed by atoms with Gasteiger partial charge in [0.25, 0.3) is 0 Å². The number of anilines is 2. The molecule has 1 aliphatic heterocycles. The number of nitrogen functional groups attached to an aromatic ring is 1. The van der Waals surface area contributed by atoms with Crippen molar-refractivity contribution in [3.63, 3.8) is 0 Å². The highest BCUT2D eigenvalue weighted by Gasteiger charge is 2.23. The monoisotopic (exact) mass is 269 g/mol. The average molecular weight is 269 g/mol. The van der Waals surface area contributed by atoms with E-state index in [2.05, 4.69) is 5.32 Å². The van der Waals surface area contributed by atoms with Crippen LogP contribution in [0.5, 0.6) is 0 Å². The molecule has 0 aliphatic carbocycles. The van der Waals surface area contributed by atoms with E-state index in [1.165, 1.54) is 19.1 Å². The summed E-state index contributed by atoms with van der Waals surface area (Å²) in [6, 6.07) is 2.64. The Balaban J connectivity index is 2.02. The number of benzene rings is 1. The molecule has 1 unspecified atom stereocenters. The van der Waals surface area contributed by atoms with Crippen LogP contribution in [-0.4, -0.2) is 31.5 Å². The second-order valence-electron chi connectivity index (χ2n) is 4.84.